The second-order valence-electron chi connectivity index (χ2n) is 6.37. The number of methoxy groups -OCH3 is 2. The minimum absolute atomic E-state index is 0.0861. The Balaban J connectivity index is 3.11. The van der Waals surface area contributed by atoms with E-state index >= 15 is 0 Å². The van der Waals surface area contributed by atoms with Gasteiger partial charge in [-0.15, -0.1) is 0 Å². The normalized spacial score (nSPS) is 23.7. The third-order valence-electron chi connectivity index (χ3n) is 4.59. The van der Waals surface area contributed by atoms with Crippen molar-refractivity contribution in [1.29, 1.82) is 0 Å². The molecule has 0 spiro atoms. The Morgan fingerprint density at radius 2 is 2.00 bits per heavy atom. The highest BCUT2D eigenvalue weighted by atomic mass is 16.5. The zero-order valence-electron chi connectivity index (χ0n) is 15.4. The molecular weight excluding hydrogens is 326 g/mol. The lowest BCUT2D eigenvalue weighted by Gasteiger charge is -2.24. The third kappa shape index (κ3) is 5.57. The number of carbonyl (C=O) groups is 2. The summed E-state index contributed by atoms with van der Waals surface area (Å²) in [5, 5.41) is 18.8. The van der Waals surface area contributed by atoms with Crippen molar-refractivity contribution in [1.82, 2.24) is 4.90 Å². The summed E-state index contributed by atoms with van der Waals surface area (Å²) in [7, 11) is 2.60. The number of ether oxygens (including phenoxy) is 2. The number of amides is 1. The molecule has 0 aromatic carbocycles. The van der Waals surface area contributed by atoms with Gasteiger partial charge in [0.05, 0.1) is 33.3 Å². The average Bonchev–Trinajstić information content (AvgIpc) is 2.98. The number of nitrogens with zero attached hydrogens (tertiary/aromatic N) is 1. The van der Waals surface area contributed by atoms with Crippen molar-refractivity contribution in [3.8, 4) is 0 Å². The van der Waals surface area contributed by atoms with Crippen LogP contribution in [0.5, 0.6) is 0 Å². The monoisotopic (exact) mass is 355 g/mol. The summed E-state index contributed by atoms with van der Waals surface area (Å²) in [6.45, 7) is 4.01. The van der Waals surface area contributed by atoms with E-state index in [4.69, 9.17) is 14.6 Å². The van der Waals surface area contributed by atoms with Crippen molar-refractivity contribution in [2.24, 2.45) is 11.8 Å². The Labute approximate surface area is 148 Å². The first-order valence-corrected chi connectivity index (χ1v) is 8.38. The molecule has 0 radical (unpaired) electrons. The molecule has 1 aliphatic rings. The van der Waals surface area contributed by atoms with Gasteiger partial charge in [-0.1, -0.05) is 24.6 Å². The second-order valence-corrected chi connectivity index (χ2v) is 6.37. The molecule has 2 N–H and O–H groups in total. The highest BCUT2D eigenvalue weighted by molar-refractivity contribution is 5.73. The molecule has 1 amide bonds. The van der Waals surface area contributed by atoms with Crippen molar-refractivity contribution >= 4 is 12.1 Å². The number of allylic oxidation sites excluding steroid dienone is 3. The van der Waals surface area contributed by atoms with E-state index in [-0.39, 0.29) is 31.5 Å². The second kappa shape index (κ2) is 10.2. The van der Waals surface area contributed by atoms with Crippen LogP contribution in [-0.2, 0) is 14.3 Å². The zero-order valence-corrected chi connectivity index (χ0v) is 15.4. The molecule has 25 heavy (non-hydrogen) atoms. The van der Waals surface area contributed by atoms with Gasteiger partial charge in [0.2, 0.25) is 0 Å². The maximum Gasteiger partial charge on any atom is 0.410 e. The molecule has 0 bridgehead atoms. The topological polar surface area (TPSA) is 96.3 Å². The van der Waals surface area contributed by atoms with Gasteiger partial charge in [-0.25, -0.2) is 4.79 Å². The molecule has 1 heterocycles. The van der Waals surface area contributed by atoms with E-state index in [2.05, 4.69) is 0 Å². The summed E-state index contributed by atoms with van der Waals surface area (Å²) in [5.41, 5.74) is 1.84. The van der Waals surface area contributed by atoms with Crippen molar-refractivity contribution < 1.29 is 29.3 Å². The lowest BCUT2D eigenvalue weighted by molar-refractivity contribution is -0.141. The lowest BCUT2D eigenvalue weighted by Crippen LogP contribution is -2.40. The zero-order chi connectivity index (χ0) is 19.0. The number of hydrogen-bond donors (Lipinski definition) is 2. The summed E-state index contributed by atoms with van der Waals surface area (Å²) in [4.78, 5) is 25.2. The maximum absolute atomic E-state index is 12.0. The minimum atomic E-state index is -0.533. The van der Waals surface area contributed by atoms with E-state index in [1.807, 2.05) is 26.0 Å². The van der Waals surface area contributed by atoms with Crippen LogP contribution in [0.15, 0.2) is 23.3 Å². The van der Waals surface area contributed by atoms with Gasteiger partial charge in [0.15, 0.2) is 0 Å². The Morgan fingerprint density at radius 3 is 2.52 bits per heavy atom. The van der Waals surface area contributed by atoms with Crippen molar-refractivity contribution in [2.75, 3.05) is 34.0 Å². The minimum Gasteiger partial charge on any atom is -0.469 e. The summed E-state index contributed by atoms with van der Waals surface area (Å²) >= 11 is 0. The number of aliphatic hydroxyl groups is 2. The molecule has 1 saturated heterocycles. The molecular formula is C18H29NO6. The number of likely N-dealkylation sites (tertiary alicyclic amines) is 1. The van der Waals surface area contributed by atoms with Gasteiger partial charge in [-0.2, -0.15) is 0 Å². The van der Waals surface area contributed by atoms with E-state index in [0.717, 1.165) is 17.6 Å². The van der Waals surface area contributed by atoms with Gasteiger partial charge < -0.3 is 19.7 Å². The van der Waals surface area contributed by atoms with Gasteiger partial charge in [0.1, 0.15) is 0 Å². The van der Waals surface area contributed by atoms with Crippen LogP contribution >= 0.6 is 0 Å². The molecule has 1 rings (SSSR count). The SMILES string of the molecule is COC(=O)C[C@H]1/C(=C(C)\C=C\C[C@@H](C)CO)CN(C(=O)OC)[C@@H]1CO. The molecule has 1 fully saturated rings. The van der Waals surface area contributed by atoms with E-state index in [0.29, 0.717) is 6.54 Å². The van der Waals surface area contributed by atoms with Gasteiger partial charge >= 0.3 is 12.1 Å². The fourth-order valence-corrected chi connectivity index (χ4v) is 3.01. The predicted molar refractivity (Wildman–Crippen MR) is 92.8 cm³/mol. The number of esters is 1. The smallest absolute Gasteiger partial charge is 0.410 e. The van der Waals surface area contributed by atoms with Crippen LogP contribution in [0.2, 0.25) is 0 Å². The highest BCUT2D eigenvalue weighted by Crippen LogP contribution is 2.35. The Kier molecular flexibility index (Phi) is 8.65. The van der Waals surface area contributed by atoms with Gasteiger partial charge in [-0.3, -0.25) is 9.69 Å². The summed E-state index contributed by atoms with van der Waals surface area (Å²) in [5.74, 6) is -0.546. The van der Waals surface area contributed by atoms with Crippen LogP contribution in [0.3, 0.4) is 0 Å². The molecule has 7 nitrogen and oxygen atoms in total. The molecule has 1 aliphatic heterocycles. The summed E-state index contributed by atoms with van der Waals surface area (Å²) in [6.07, 6.45) is 4.18. The van der Waals surface area contributed by atoms with Crippen LogP contribution < -0.4 is 0 Å². The fraction of sp³-hybridized carbons (Fsp3) is 0.667. The van der Waals surface area contributed by atoms with E-state index in [9.17, 15) is 14.7 Å². The average molecular weight is 355 g/mol. The first-order valence-electron chi connectivity index (χ1n) is 8.38. The van der Waals surface area contributed by atoms with Crippen molar-refractivity contribution in [2.45, 2.75) is 32.7 Å². The first kappa shape index (κ1) is 21.2. The quantitative estimate of drug-likeness (QED) is 0.672. The number of hydrogen-bond acceptors (Lipinski definition) is 6. The molecule has 0 aromatic heterocycles. The third-order valence-corrected chi connectivity index (χ3v) is 4.59. The standard InChI is InChI=1S/C18H29NO6/c1-12(10-20)6-5-7-13(2)15-9-19(18(23)25-4)16(11-21)14(15)8-17(22)24-3/h5,7,12,14,16,20-21H,6,8-11H2,1-4H3/b7-5+,15-13-/t12-,14+,16-/m1/s1. The molecule has 142 valence electrons. The maximum atomic E-state index is 12.0. The molecule has 0 saturated carbocycles. The Hall–Kier alpha value is -1.86. The van der Waals surface area contributed by atoms with Crippen LogP contribution in [0.1, 0.15) is 26.7 Å². The van der Waals surface area contributed by atoms with Crippen molar-refractivity contribution in [3.05, 3.63) is 23.3 Å². The van der Waals surface area contributed by atoms with Crippen LogP contribution in [0.4, 0.5) is 4.79 Å². The Bertz CT molecular complexity index is 528. The fourth-order valence-electron chi connectivity index (χ4n) is 3.01. The van der Waals surface area contributed by atoms with E-state index < -0.39 is 18.1 Å². The summed E-state index contributed by atoms with van der Waals surface area (Å²) in [6, 6.07) is -0.527. The van der Waals surface area contributed by atoms with Gasteiger partial charge in [-0.05, 0) is 24.8 Å². The molecule has 0 aromatic rings. The molecule has 0 unspecified atom stereocenters. The summed E-state index contributed by atoms with van der Waals surface area (Å²) < 4.78 is 9.55. The van der Waals surface area contributed by atoms with Crippen LogP contribution in [0, 0.1) is 11.8 Å². The molecule has 0 aliphatic carbocycles. The van der Waals surface area contributed by atoms with Gasteiger partial charge in [0.25, 0.3) is 0 Å². The van der Waals surface area contributed by atoms with E-state index in [1.165, 1.54) is 19.1 Å². The Morgan fingerprint density at radius 1 is 1.32 bits per heavy atom. The van der Waals surface area contributed by atoms with Crippen LogP contribution in [0.25, 0.3) is 0 Å². The molecule has 7 heteroatoms. The predicted octanol–water partition coefficient (Wildman–Crippen LogP) is 1.50. The highest BCUT2D eigenvalue weighted by Gasteiger charge is 2.42. The lowest BCUT2D eigenvalue weighted by atomic mass is 9.89. The number of rotatable bonds is 7. The van der Waals surface area contributed by atoms with Crippen LogP contribution in [-0.4, -0.2) is 67.2 Å². The largest absolute Gasteiger partial charge is 0.469 e. The number of aliphatic hydroxyl groups excluding tert-OH is 2. The molecule has 3 atom stereocenters. The first-order chi connectivity index (χ1) is 11.9. The van der Waals surface area contributed by atoms with Crippen molar-refractivity contribution in [3.63, 3.8) is 0 Å². The van der Waals surface area contributed by atoms with E-state index in [1.54, 1.807) is 0 Å². The van der Waals surface area contributed by atoms with Gasteiger partial charge in [0, 0.05) is 19.1 Å². The number of carbonyl (C=O) groups excluding carboxylic acids is 2.